The molecule has 2 aliphatic heterocycles. The van der Waals surface area contributed by atoms with E-state index in [-0.39, 0.29) is 23.1 Å². The second-order valence-electron chi connectivity index (χ2n) is 6.81. The van der Waals surface area contributed by atoms with Crippen LogP contribution in [0, 0.1) is 0 Å². The zero-order valence-corrected chi connectivity index (χ0v) is 14.9. The quantitative estimate of drug-likeness (QED) is 0.862. The van der Waals surface area contributed by atoms with E-state index in [9.17, 15) is 9.59 Å². The molecule has 0 aliphatic carbocycles. The summed E-state index contributed by atoms with van der Waals surface area (Å²) >= 11 is 5.80. The number of morpholine rings is 1. The van der Waals surface area contributed by atoms with E-state index in [2.05, 4.69) is 27.3 Å². The Hall–Kier alpha value is -2.15. The van der Waals surface area contributed by atoms with Crippen LogP contribution in [-0.4, -0.2) is 47.6 Å². The Balaban J connectivity index is 1.38. The summed E-state index contributed by atoms with van der Waals surface area (Å²) in [5.41, 5.74) is 1.14. The number of nitrogens with one attached hydrogen (secondary N) is 2. The Bertz CT molecular complexity index is 855. The van der Waals surface area contributed by atoms with E-state index in [1.165, 1.54) is 17.8 Å². The summed E-state index contributed by atoms with van der Waals surface area (Å²) < 4.78 is 6.03. The van der Waals surface area contributed by atoms with Gasteiger partial charge >= 0.3 is 0 Å². The van der Waals surface area contributed by atoms with E-state index in [1.807, 2.05) is 18.2 Å². The van der Waals surface area contributed by atoms with Gasteiger partial charge in [-0.1, -0.05) is 41.9 Å². The molecule has 1 aromatic carbocycles. The zero-order valence-electron chi connectivity index (χ0n) is 14.2. The summed E-state index contributed by atoms with van der Waals surface area (Å²) in [6.45, 7) is 2.28. The third kappa shape index (κ3) is 3.53. The molecule has 2 aromatic rings. The fourth-order valence-corrected chi connectivity index (χ4v) is 3.88. The van der Waals surface area contributed by atoms with Crippen LogP contribution >= 0.6 is 11.6 Å². The lowest BCUT2D eigenvalue weighted by atomic mass is 10.1. The number of rotatable bonds is 3. The van der Waals surface area contributed by atoms with Crippen molar-refractivity contribution in [2.45, 2.75) is 24.6 Å². The minimum atomic E-state index is -0.398. The van der Waals surface area contributed by atoms with Gasteiger partial charge in [-0.3, -0.25) is 14.5 Å². The summed E-state index contributed by atoms with van der Waals surface area (Å²) in [5.74, 6) is -0.228. The first-order chi connectivity index (χ1) is 12.6. The van der Waals surface area contributed by atoms with Crippen LogP contribution in [0.25, 0.3) is 0 Å². The number of hydrogen-bond acceptors (Lipinski definition) is 4. The van der Waals surface area contributed by atoms with Crippen LogP contribution in [0.5, 0.6) is 0 Å². The van der Waals surface area contributed by atoms with E-state index in [1.54, 1.807) is 0 Å². The minimum Gasteiger partial charge on any atom is -0.371 e. The summed E-state index contributed by atoms with van der Waals surface area (Å²) in [5, 5.41) is 3.05. The molecule has 0 saturated carbocycles. The zero-order chi connectivity index (χ0) is 18.1. The molecular weight excluding hydrogens is 354 g/mol. The van der Waals surface area contributed by atoms with Gasteiger partial charge < -0.3 is 15.0 Å². The number of benzene rings is 1. The van der Waals surface area contributed by atoms with Crippen LogP contribution in [-0.2, 0) is 4.74 Å². The summed E-state index contributed by atoms with van der Waals surface area (Å²) in [6.07, 6.45) is 2.31. The van der Waals surface area contributed by atoms with Gasteiger partial charge in [0.2, 0.25) is 0 Å². The lowest BCUT2D eigenvalue weighted by molar-refractivity contribution is -0.0502. The van der Waals surface area contributed by atoms with Gasteiger partial charge in [0, 0.05) is 31.4 Å². The molecule has 4 rings (SSSR count). The van der Waals surface area contributed by atoms with Crippen LogP contribution in [0.4, 0.5) is 0 Å². The molecule has 26 heavy (non-hydrogen) atoms. The highest BCUT2D eigenvalue weighted by atomic mass is 35.5. The molecule has 0 radical (unpaired) electrons. The maximum Gasteiger partial charge on any atom is 0.266 e. The smallest absolute Gasteiger partial charge is 0.266 e. The van der Waals surface area contributed by atoms with Crippen molar-refractivity contribution >= 4 is 17.5 Å². The topological polar surface area (TPSA) is 74.4 Å². The van der Waals surface area contributed by atoms with Gasteiger partial charge in [0.1, 0.15) is 5.02 Å². The maximum absolute atomic E-state index is 12.4. The van der Waals surface area contributed by atoms with Crippen molar-refractivity contribution in [1.82, 2.24) is 15.2 Å². The Morgan fingerprint density at radius 3 is 2.85 bits per heavy atom. The second-order valence-corrected chi connectivity index (χ2v) is 7.22. The first-order valence-electron chi connectivity index (χ1n) is 8.70. The second kappa shape index (κ2) is 7.23. The van der Waals surface area contributed by atoms with Crippen LogP contribution in [0.1, 0.15) is 28.4 Å². The van der Waals surface area contributed by atoms with Gasteiger partial charge in [0.15, 0.2) is 0 Å². The highest BCUT2D eigenvalue weighted by Gasteiger charge is 2.38. The lowest BCUT2D eigenvalue weighted by Gasteiger charge is -2.35. The monoisotopic (exact) mass is 373 g/mol. The third-order valence-corrected chi connectivity index (χ3v) is 5.33. The highest BCUT2D eigenvalue weighted by Crippen LogP contribution is 2.30. The molecule has 1 aromatic heterocycles. The Kier molecular flexibility index (Phi) is 4.80. The van der Waals surface area contributed by atoms with E-state index in [4.69, 9.17) is 16.3 Å². The number of aromatic nitrogens is 1. The van der Waals surface area contributed by atoms with Crippen molar-refractivity contribution in [2.24, 2.45) is 0 Å². The van der Waals surface area contributed by atoms with Crippen LogP contribution in [0.15, 0.2) is 47.4 Å². The summed E-state index contributed by atoms with van der Waals surface area (Å²) in [4.78, 5) is 28.6. The number of hydrogen-bond donors (Lipinski definition) is 2. The van der Waals surface area contributed by atoms with E-state index < -0.39 is 5.56 Å². The van der Waals surface area contributed by atoms with Gasteiger partial charge in [0.25, 0.3) is 11.5 Å². The largest absolute Gasteiger partial charge is 0.371 e. The number of carbonyl (C=O) groups is 1. The molecule has 3 heterocycles. The van der Waals surface area contributed by atoms with E-state index in [0.717, 1.165) is 19.5 Å². The molecule has 2 aliphatic rings. The summed E-state index contributed by atoms with van der Waals surface area (Å²) in [6, 6.07) is 12.0. The fourth-order valence-electron chi connectivity index (χ4n) is 3.70. The predicted molar refractivity (Wildman–Crippen MR) is 98.4 cm³/mol. The van der Waals surface area contributed by atoms with Gasteiger partial charge in [-0.05, 0) is 18.1 Å². The number of nitrogens with zero attached hydrogens (tertiary/aromatic N) is 1. The lowest BCUT2D eigenvalue weighted by Crippen LogP contribution is -2.43. The van der Waals surface area contributed by atoms with Crippen molar-refractivity contribution in [1.29, 1.82) is 0 Å². The normalized spacial score (nSPS) is 25.7. The van der Waals surface area contributed by atoms with Crippen molar-refractivity contribution < 1.29 is 9.53 Å². The third-order valence-electron chi connectivity index (χ3n) is 5.04. The summed E-state index contributed by atoms with van der Waals surface area (Å²) in [7, 11) is 0. The molecule has 2 saturated heterocycles. The number of pyridine rings is 1. The van der Waals surface area contributed by atoms with Crippen molar-refractivity contribution in [3.05, 3.63) is 69.1 Å². The van der Waals surface area contributed by atoms with Gasteiger partial charge in [-0.15, -0.1) is 0 Å². The first kappa shape index (κ1) is 17.3. The van der Waals surface area contributed by atoms with Crippen molar-refractivity contribution in [3.8, 4) is 0 Å². The van der Waals surface area contributed by atoms with E-state index >= 15 is 0 Å². The molecular formula is C19H20ClN3O3. The van der Waals surface area contributed by atoms with Crippen molar-refractivity contribution in [3.63, 3.8) is 0 Å². The highest BCUT2D eigenvalue weighted by molar-refractivity contribution is 6.30. The number of ether oxygens (including phenoxy) is 1. The van der Waals surface area contributed by atoms with Crippen LogP contribution in [0.2, 0.25) is 5.02 Å². The molecule has 0 bridgehead atoms. The Morgan fingerprint density at radius 1 is 1.27 bits per heavy atom. The molecule has 3 atom stereocenters. The van der Waals surface area contributed by atoms with Gasteiger partial charge in [0.05, 0.1) is 18.3 Å². The molecule has 0 unspecified atom stereocenters. The molecule has 0 spiro atoms. The number of fused-ring (bicyclic) bond motifs is 1. The molecule has 1 amide bonds. The van der Waals surface area contributed by atoms with Crippen LogP contribution in [0.3, 0.4) is 0 Å². The number of H-pyrrole nitrogens is 1. The molecule has 136 valence electrons. The predicted octanol–water partition coefficient (Wildman–Crippen LogP) is 1.97. The molecule has 6 nitrogen and oxygen atoms in total. The molecule has 7 heteroatoms. The Labute approximate surface area is 156 Å². The van der Waals surface area contributed by atoms with Crippen molar-refractivity contribution in [2.75, 3.05) is 19.7 Å². The Morgan fingerprint density at radius 2 is 2.08 bits per heavy atom. The average Bonchev–Trinajstić information content (AvgIpc) is 3.06. The number of aromatic amines is 1. The molecule has 2 fully saturated rings. The number of carbonyl (C=O) groups excluding carboxylic acids is 1. The maximum atomic E-state index is 12.4. The SMILES string of the molecule is O=C(N[C@H]1C[C@H]2CO[C@@H](c3ccccc3)CN2C1)c1c[nH]c(=O)c(Cl)c1. The molecule has 2 N–H and O–H groups in total. The standard InChI is InChI=1S/C19H20ClN3O3/c20-16-6-13(8-21-19(16)25)18(24)22-14-7-15-11-26-17(10-23(15)9-14)12-4-2-1-3-5-12/h1-6,8,14-15,17H,7,9-11H2,(H,21,25)(H,22,24)/t14-,15-,17+/m0/s1. The average molecular weight is 374 g/mol. The van der Waals surface area contributed by atoms with Crippen LogP contribution < -0.4 is 10.9 Å². The van der Waals surface area contributed by atoms with Gasteiger partial charge in [-0.25, -0.2) is 0 Å². The minimum absolute atomic E-state index is 0.0144. The number of halogens is 1. The fraction of sp³-hybridized carbons (Fsp3) is 0.368. The van der Waals surface area contributed by atoms with Gasteiger partial charge in [-0.2, -0.15) is 0 Å². The number of amides is 1. The first-order valence-corrected chi connectivity index (χ1v) is 9.07. The van der Waals surface area contributed by atoms with E-state index in [0.29, 0.717) is 18.2 Å².